The second-order valence-electron chi connectivity index (χ2n) is 7.26. The summed E-state index contributed by atoms with van der Waals surface area (Å²) in [6.07, 6.45) is 4.65. The molecule has 1 fully saturated rings. The Morgan fingerprint density at radius 2 is 2.05 bits per heavy atom. The van der Waals surface area contributed by atoms with Gasteiger partial charge in [-0.3, -0.25) is 4.79 Å². The lowest BCUT2D eigenvalue weighted by atomic mass is 9.62. The molecule has 1 aromatic rings. The van der Waals surface area contributed by atoms with Crippen LogP contribution in [0, 0.1) is 10.8 Å². The molecule has 0 radical (unpaired) electrons. The van der Waals surface area contributed by atoms with Gasteiger partial charge in [0, 0.05) is 22.0 Å². The van der Waals surface area contributed by atoms with Gasteiger partial charge < -0.3 is 11.1 Å². The van der Waals surface area contributed by atoms with Gasteiger partial charge in [-0.25, -0.2) is 0 Å². The van der Waals surface area contributed by atoms with Crippen LogP contribution in [0.25, 0.3) is 0 Å². The molecule has 0 aliphatic heterocycles. The molecule has 3 nitrogen and oxygen atoms in total. The molecule has 4 heteroatoms. The number of amides is 1. The van der Waals surface area contributed by atoms with Gasteiger partial charge in [-0.05, 0) is 49.1 Å². The number of carbonyl (C=O) groups excluding carboxylic acids is 1. The Morgan fingerprint density at radius 3 is 2.67 bits per heavy atom. The van der Waals surface area contributed by atoms with Crippen molar-refractivity contribution < 1.29 is 4.79 Å². The van der Waals surface area contributed by atoms with Gasteiger partial charge in [-0.1, -0.05) is 26.8 Å². The van der Waals surface area contributed by atoms with E-state index in [9.17, 15) is 4.79 Å². The summed E-state index contributed by atoms with van der Waals surface area (Å²) in [6, 6.07) is 8.07. The van der Waals surface area contributed by atoms with Crippen molar-refractivity contribution in [1.29, 1.82) is 0 Å². The second kappa shape index (κ2) is 6.01. The van der Waals surface area contributed by atoms with E-state index in [1.165, 1.54) is 0 Å². The van der Waals surface area contributed by atoms with E-state index in [0.717, 1.165) is 29.8 Å². The number of rotatable bonds is 3. The highest BCUT2D eigenvalue weighted by atomic mass is 32.2. The molecule has 116 valence electrons. The fourth-order valence-electron chi connectivity index (χ4n) is 3.72. The van der Waals surface area contributed by atoms with E-state index in [4.69, 9.17) is 5.73 Å². The number of hydrogen-bond acceptors (Lipinski definition) is 3. The second-order valence-corrected chi connectivity index (χ2v) is 8.14. The summed E-state index contributed by atoms with van der Waals surface area (Å²) < 4.78 is 0. The molecule has 21 heavy (non-hydrogen) atoms. The van der Waals surface area contributed by atoms with Gasteiger partial charge in [0.05, 0.1) is 0 Å². The number of nitrogens with one attached hydrogen (secondary N) is 1. The number of hydrogen-bond donors (Lipinski definition) is 2. The third kappa shape index (κ3) is 4.01. The van der Waals surface area contributed by atoms with Gasteiger partial charge >= 0.3 is 0 Å². The number of thioether (sulfide) groups is 1. The van der Waals surface area contributed by atoms with E-state index >= 15 is 0 Å². The largest absolute Gasteiger partial charge is 0.328 e. The Morgan fingerprint density at radius 1 is 1.33 bits per heavy atom. The maximum atomic E-state index is 12.7. The van der Waals surface area contributed by atoms with E-state index in [1.807, 2.05) is 37.4 Å². The van der Waals surface area contributed by atoms with Crippen LogP contribution in [-0.4, -0.2) is 18.2 Å². The SMILES string of the molecule is CSc1cccc(NC(=O)C2(C)CC(N)CC(C)(C)C2)c1. The molecule has 0 spiro atoms. The van der Waals surface area contributed by atoms with E-state index in [-0.39, 0.29) is 17.4 Å². The van der Waals surface area contributed by atoms with Crippen molar-refractivity contribution in [2.24, 2.45) is 16.6 Å². The topological polar surface area (TPSA) is 55.1 Å². The first kappa shape index (κ1) is 16.4. The molecule has 1 saturated carbocycles. The molecule has 3 N–H and O–H groups in total. The zero-order valence-corrected chi connectivity index (χ0v) is 14.2. The maximum absolute atomic E-state index is 12.7. The highest BCUT2D eigenvalue weighted by Gasteiger charge is 2.44. The summed E-state index contributed by atoms with van der Waals surface area (Å²) in [6.45, 7) is 6.44. The van der Waals surface area contributed by atoms with E-state index in [1.54, 1.807) is 11.8 Å². The lowest BCUT2D eigenvalue weighted by Gasteiger charge is -2.44. The van der Waals surface area contributed by atoms with Gasteiger partial charge in [0.1, 0.15) is 0 Å². The molecule has 2 atom stereocenters. The Kier molecular flexibility index (Phi) is 4.69. The van der Waals surface area contributed by atoms with Crippen LogP contribution >= 0.6 is 11.8 Å². The first-order valence-corrected chi connectivity index (χ1v) is 8.68. The molecule has 1 aliphatic rings. The standard InChI is InChI=1S/C17H26N2OS/c1-16(2)9-12(18)10-17(3,11-16)15(20)19-13-6-5-7-14(8-13)21-4/h5-8,12H,9-11,18H2,1-4H3,(H,19,20). The lowest BCUT2D eigenvalue weighted by molar-refractivity contribution is -0.129. The maximum Gasteiger partial charge on any atom is 0.230 e. The first-order chi connectivity index (χ1) is 9.74. The van der Waals surface area contributed by atoms with Gasteiger partial charge in [0.2, 0.25) is 5.91 Å². The van der Waals surface area contributed by atoms with Gasteiger partial charge in [-0.15, -0.1) is 11.8 Å². The molecular formula is C17H26N2OS. The Hall–Kier alpha value is -1.00. The Bertz CT molecular complexity index is 529. The molecule has 2 unspecified atom stereocenters. The highest BCUT2D eigenvalue weighted by molar-refractivity contribution is 7.98. The fraction of sp³-hybridized carbons (Fsp3) is 0.588. The Balaban J connectivity index is 2.14. The van der Waals surface area contributed by atoms with Gasteiger partial charge in [-0.2, -0.15) is 0 Å². The van der Waals surface area contributed by atoms with E-state index < -0.39 is 5.41 Å². The summed E-state index contributed by atoms with van der Waals surface area (Å²) in [4.78, 5) is 13.9. The summed E-state index contributed by atoms with van der Waals surface area (Å²) in [7, 11) is 0. The quantitative estimate of drug-likeness (QED) is 0.833. The van der Waals surface area contributed by atoms with Crippen LogP contribution in [0.1, 0.15) is 40.0 Å². The van der Waals surface area contributed by atoms with Gasteiger partial charge in [0.25, 0.3) is 0 Å². The predicted molar refractivity (Wildman–Crippen MR) is 90.6 cm³/mol. The molecule has 0 bridgehead atoms. The van der Waals surface area contributed by atoms with Crippen LogP contribution in [0.5, 0.6) is 0 Å². The monoisotopic (exact) mass is 306 g/mol. The molecule has 1 amide bonds. The molecular weight excluding hydrogens is 280 g/mol. The van der Waals surface area contributed by atoms with Crippen LogP contribution in [0.3, 0.4) is 0 Å². The van der Waals surface area contributed by atoms with Crippen LogP contribution in [0.2, 0.25) is 0 Å². The van der Waals surface area contributed by atoms with Crippen molar-refractivity contribution in [3.63, 3.8) is 0 Å². The van der Waals surface area contributed by atoms with Crippen molar-refractivity contribution in [2.45, 2.75) is 51.0 Å². The average Bonchev–Trinajstić information content (AvgIpc) is 2.36. The minimum absolute atomic E-state index is 0.0870. The van der Waals surface area contributed by atoms with Crippen molar-refractivity contribution in [3.8, 4) is 0 Å². The van der Waals surface area contributed by atoms with Crippen LogP contribution in [0.4, 0.5) is 5.69 Å². The highest BCUT2D eigenvalue weighted by Crippen LogP contribution is 2.46. The molecule has 2 rings (SSSR count). The van der Waals surface area contributed by atoms with Crippen molar-refractivity contribution in [3.05, 3.63) is 24.3 Å². The summed E-state index contributed by atoms with van der Waals surface area (Å²) >= 11 is 1.67. The van der Waals surface area contributed by atoms with Crippen molar-refractivity contribution >= 4 is 23.4 Å². The summed E-state index contributed by atoms with van der Waals surface area (Å²) in [5.74, 6) is 0.0870. The number of nitrogens with two attached hydrogens (primary N) is 1. The number of carbonyl (C=O) groups is 1. The van der Waals surface area contributed by atoms with Crippen LogP contribution in [0.15, 0.2) is 29.2 Å². The van der Waals surface area contributed by atoms with Crippen LogP contribution < -0.4 is 11.1 Å². The van der Waals surface area contributed by atoms with E-state index in [0.29, 0.717) is 0 Å². The average molecular weight is 306 g/mol. The molecule has 0 aromatic heterocycles. The normalized spacial score (nSPS) is 28.1. The fourth-order valence-corrected chi connectivity index (χ4v) is 4.18. The molecule has 1 aliphatic carbocycles. The first-order valence-electron chi connectivity index (χ1n) is 7.45. The third-order valence-corrected chi connectivity index (χ3v) is 5.00. The summed E-state index contributed by atoms with van der Waals surface area (Å²) in [5, 5.41) is 3.08. The lowest BCUT2D eigenvalue weighted by Crippen LogP contribution is -2.48. The molecule has 1 aromatic carbocycles. The summed E-state index contributed by atoms with van der Waals surface area (Å²) in [5.41, 5.74) is 6.77. The predicted octanol–water partition coefficient (Wildman–Crippen LogP) is 3.89. The van der Waals surface area contributed by atoms with Crippen molar-refractivity contribution in [1.82, 2.24) is 0 Å². The zero-order chi connectivity index (χ0) is 15.7. The smallest absolute Gasteiger partial charge is 0.230 e. The van der Waals surface area contributed by atoms with Crippen molar-refractivity contribution in [2.75, 3.05) is 11.6 Å². The molecule has 0 heterocycles. The minimum Gasteiger partial charge on any atom is -0.328 e. The number of anilines is 1. The van der Waals surface area contributed by atoms with E-state index in [2.05, 4.69) is 19.2 Å². The Labute approximate surface area is 132 Å². The third-order valence-electron chi connectivity index (χ3n) is 4.27. The van der Waals surface area contributed by atoms with Crippen LogP contribution in [-0.2, 0) is 4.79 Å². The minimum atomic E-state index is -0.392. The van der Waals surface area contributed by atoms with Gasteiger partial charge in [0.15, 0.2) is 0 Å². The number of benzene rings is 1. The molecule has 0 saturated heterocycles. The zero-order valence-electron chi connectivity index (χ0n) is 13.4.